The lowest BCUT2D eigenvalue weighted by atomic mass is 10.1. The van der Waals surface area contributed by atoms with Crippen LogP contribution < -0.4 is 0 Å². The SMILES string of the molecule is CCOC(=O)CN=CC1CCOC1. The zero-order chi connectivity index (χ0) is 9.52. The first-order valence-electron chi connectivity index (χ1n) is 4.56. The van der Waals surface area contributed by atoms with E-state index in [0.29, 0.717) is 12.5 Å². The number of aliphatic imine (C=N–C) groups is 1. The number of esters is 1. The van der Waals surface area contributed by atoms with Gasteiger partial charge in [-0.2, -0.15) is 0 Å². The molecule has 0 aliphatic carbocycles. The van der Waals surface area contributed by atoms with Gasteiger partial charge in [0.05, 0.1) is 13.2 Å². The lowest BCUT2D eigenvalue weighted by molar-refractivity contribution is -0.141. The Balaban J connectivity index is 2.12. The smallest absolute Gasteiger partial charge is 0.327 e. The molecule has 1 rings (SSSR count). The molecule has 1 fully saturated rings. The van der Waals surface area contributed by atoms with Gasteiger partial charge in [-0.05, 0) is 13.3 Å². The molecule has 0 spiro atoms. The number of carbonyl (C=O) groups excluding carboxylic acids is 1. The van der Waals surface area contributed by atoms with Crippen molar-refractivity contribution >= 4 is 12.2 Å². The fourth-order valence-electron chi connectivity index (χ4n) is 1.15. The highest BCUT2D eigenvalue weighted by atomic mass is 16.5. The van der Waals surface area contributed by atoms with Crippen LogP contribution in [0, 0.1) is 5.92 Å². The lowest BCUT2D eigenvalue weighted by Gasteiger charge is -1.98. The summed E-state index contributed by atoms with van der Waals surface area (Å²) in [5.74, 6) is 0.118. The average molecular weight is 185 g/mol. The molecule has 0 N–H and O–H groups in total. The number of nitrogens with zero attached hydrogens (tertiary/aromatic N) is 1. The Bertz CT molecular complexity index is 185. The Labute approximate surface area is 77.9 Å². The van der Waals surface area contributed by atoms with Crippen molar-refractivity contribution < 1.29 is 14.3 Å². The monoisotopic (exact) mass is 185 g/mol. The molecule has 1 aliphatic heterocycles. The van der Waals surface area contributed by atoms with Gasteiger partial charge in [0.2, 0.25) is 0 Å². The lowest BCUT2D eigenvalue weighted by Crippen LogP contribution is -2.09. The zero-order valence-electron chi connectivity index (χ0n) is 7.86. The second-order valence-electron chi connectivity index (χ2n) is 2.92. The molecule has 0 aromatic heterocycles. The number of hydrogen-bond acceptors (Lipinski definition) is 4. The molecule has 0 bridgehead atoms. The maximum atomic E-state index is 10.8. The van der Waals surface area contributed by atoms with E-state index >= 15 is 0 Å². The zero-order valence-corrected chi connectivity index (χ0v) is 7.86. The van der Waals surface area contributed by atoms with E-state index in [2.05, 4.69) is 4.99 Å². The molecule has 74 valence electrons. The fourth-order valence-corrected chi connectivity index (χ4v) is 1.15. The van der Waals surface area contributed by atoms with E-state index in [9.17, 15) is 4.79 Å². The van der Waals surface area contributed by atoms with Crippen LogP contribution in [0.2, 0.25) is 0 Å². The highest BCUT2D eigenvalue weighted by Crippen LogP contribution is 2.08. The van der Waals surface area contributed by atoms with Crippen molar-refractivity contribution in [2.75, 3.05) is 26.4 Å². The van der Waals surface area contributed by atoms with Gasteiger partial charge < -0.3 is 9.47 Å². The Kier molecular flexibility index (Phi) is 4.46. The summed E-state index contributed by atoms with van der Waals surface area (Å²) in [4.78, 5) is 14.8. The van der Waals surface area contributed by atoms with Crippen LogP contribution in [0.3, 0.4) is 0 Å². The van der Waals surface area contributed by atoms with E-state index in [0.717, 1.165) is 19.6 Å². The molecule has 0 aromatic carbocycles. The van der Waals surface area contributed by atoms with E-state index in [4.69, 9.17) is 9.47 Å². The van der Waals surface area contributed by atoms with E-state index in [1.807, 2.05) is 0 Å². The Morgan fingerprint density at radius 2 is 2.62 bits per heavy atom. The van der Waals surface area contributed by atoms with Crippen LogP contribution in [0.4, 0.5) is 0 Å². The maximum Gasteiger partial charge on any atom is 0.327 e. The minimum absolute atomic E-state index is 0.129. The summed E-state index contributed by atoms with van der Waals surface area (Å²) in [5.41, 5.74) is 0. The second-order valence-corrected chi connectivity index (χ2v) is 2.92. The van der Waals surface area contributed by atoms with Gasteiger partial charge in [-0.15, -0.1) is 0 Å². The third-order valence-electron chi connectivity index (χ3n) is 1.81. The van der Waals surface area contributed by atoms with Gasteiger partial charge in [-0.25, -0.2) is 0 Å². The summed E-state index contributed by atoms with van der Waals surface area (Å²) in [7, 11) is 0. The molecule has 1 aliphatic rings. The van der Waals surface area contributed by atoms with Crippen molar-refractivity contribution in [2.24, 2.45) is 10.9 Å². The first-order valence-corrected chi connectivity index (χ1v) is 4.56. The van der Waals surface area contributed by atoms with Crippen LogP contribution >= 0.6 is 0 Å². The Morgan fingerprint density at radius 3 is 3.23 bits per heavy atom. The molecule has 1 saturated heterocycles. The first kappa shape index (κ1) is 10.2. The highest BCUT2D eigenvalue weighted by molar-refractivity contribution is 5.74. The molecule has 0 aromatic rings. The number of ether oxygens (including phenoxy) is 2. The molecule has 4 heteroatoms. The first-order chi connectivity index (χ1) is 6.33. The summed E-state index contributed by atoms with van der Waals surface area (Å²) in [6, 6.07) is 0. The van der Waals surface area contributed by atoms with E-state index in [1.165, 1.54) is 0 Å². The van der Waals surface area contributed by atoms with Crippen molar-refractivity contribution in [1.82, 2.24) is 0 Å². The van der Waals surface area contributed by atoms with E-state index in [1.54, 1.807) is 13.1 Å². The van der Waals surface area contributed by atoms with Gasteiger partial charge >= 0.3 is 5.97 Å². The van der Waals surface area contributed by atoms with Gasteiger partial charge in [0, 0.05) is 18.7 Å². The Hall–Kier alpha value is -0.900. The van der Waals surface area contributed by atoms with Gasteiger partial charge in [0.15, 0.2) is 0 Å². The van der Waals surface area contributed by atoms with Gasteiger partial charge in [-0.3, -0.25) is 9.79 Å². The van der Waals surface area contributed by atoms with E-state index in [-0.39, 0.29) is 12.5 Å². The normalized spacial score (nSPS) is 22.4. The molecular formula is C9H15NO3. The molecule has 1 unspecified atom stereocenters. The van der Waals surface area contributed by atoms with Crippen LogP contribution in [-0.4, -0.2) is 38.5 Å². The van der Waals surface area contributed by atoms with Crippen molar-refractivity contribution in [1.29, 1.82) is 0 Å². The summed E-state index contributed by atoms with van der Waals surface area (Å²) in [6.45, 7) is 3.86. The number of carbonyl (C=O) groups is 1. The maximum absolute atomic E-state index is 10.8. The van der Waals surface area contributed by atoms with Crippen molar-refractivity contribution in [3.05, 3.63) is 0 Å². The van der Waals surface area contributed by atoms with Crippen LogP contribution in [0.5, 0.6) is 0 Å². The van der Waals surface area contributed by atoms with Gasteiger partial charge in [-0.1, -0.05) is 0 Å². The number of rotatable bonds is 4. The summed E-state index contributed by atoms with van der Waals surface area (Å²) in [5, 5.41) is 0. The summed E-state index contributed by atoms with van der Waals surface area (Å²) < 4.78 is 9.88. The predicted octanol–water partition coefficient (Wildman–Crippen LogP) is 0.657. The van der Waals surface area contributed by atoms with Gasteiger partial charge in [0.25, 0.3) is 0 Å². The average Bonchev–Trinajstić information content (AvgIpc) is 2.57. The molecule has 1 heterocycles. The molecule has 13 heavy (non-hydrogen) atoms. The largest absolute Gasteiger partial charge is 0.465 e. The minimum atomic E-state index is -0.266. The van der Waals surface area contributed by atoms with Crippen LogP contribution in [0.1, 0.15) is 13.3 Å². The standard InChI is InChI=1S/C9H15NO3/c1-2-13-9(11)6-10-5-8-3-4-12-7-8/h5,8H,2-4,6-7H2,1H3. The van der Waals surface area contributed by atoms with Crippen LogP contribution in [0.25, 0.3) is 0 Å². The highest BCUT2D eigenvalue weighted by Gasteiger charge is 2.12. The molecular weight excluding hydrogens is 170 g/mol. The van der Waals surface area contributed by atoms with E-state index < -0.39 is 0 Å². The second kappa shape index (κ2) is 5.70. The molecule has 0 saturated carbocycles. The molecule has 0 radical (unpaired) electrons. The minimum Gasteiger partial charge on any atom is -0.465 e. The van der Waals surface area contributed by atoms with Crippen molar-refractivity contribution in [3.8, 4) is 0 Å². The molecule has 0 amide bonds. The summed E-state index contributed by atoms with van der Waals surface area (Å²) >= 11 is 0. The third-order valence-corrected chi connectivity index (χ3v) is 1.81. The quantitative estimate of drug-likeness (QED) is 0.477. The third kappa shape index (κ3) is 4.03. The van der Waals surface area contributed by atoms with Crippen molar-refractivity contribution in [3.63, 3.8) is 0 Å². The fraction of sp³-hybridized carbons (Fsp3) is 0.778. The van der Waals surface area contributed by atoms with Crippen LogP contribution in [-0.2, 0) is 14.3 Å². The van der Waals surface area contributed by atoms with Crippen molar-refractivity contribution in [2.45, 2.75) is 13.3 Å². The molecule has 1 atom stereocenters. The van der Waals surface area contributed by atoms with Gasteiger partial charge in [0.1, 0.15) is 6.54 Å². The molecule has 4 nitrogen and oxygen atoms in total. The Morgan fingerprint density at radius 1 is 1.77 bits per heavy atom. The topological polar surface area (TPSA) is 47.9 Å². The number of hydrogen-bond donors (Lipinski definition) is 0. The van der Waals surface area contributed by atoms with Crippen LogP contribution in [0.15, 0.2) is 4.99 Å². The summed E-state index contributed by atoms with van der Waals surface area (Å²) in [6.07, 6.45) is 2.80. The predicted molar refractivity (Wildman–Crippen MR) is 48.9 cm³/mol.